The smallest absolute Gasteiger partial charge is 0.0245 e. The van der Waals surface area contributed by atoms with E-state index in [1.807, 2.05) is 12.1 Å². The van der Waals surface area contributed by atoms with Gasteiger partial charge in [0.2, 0.25) is 0 Å². The van der Waals surface area contributed by atoms with Crippen LogP contribution in [0, 0.1) is 24.7 Å². The number of terminal acetylenes is 2. The number of nitrogens with zero attached hydrogens (tertiary/aromatic N) is 1. The van der Waals surface area contributed by atoms with E-state index in [1.165, 1.54) is 22.3 Å². The number of aryl methyl sites for hydroxylation is 2. The van der Waals surface area contributed by atoms with E-state index in [2.05, 4.69) is 75.0 Å². The summed E-state index contributed by atoms with van der Waals surface area (Å²) in [4.78, 5) is 2.39. The van der Waals surface area contributed by atoms with Crippen molar-refractivity contribution in [3.8, 4) is 24.7 Å². The highest BCUT2D eigenvalue weighted by Crippen LogP contribution is 2.17. The van der Waals surface area contributed by atoms with Crippen molar-refractivity contribution < 1.29 is 0 Å². The topological polar surface area (TPSA) is 3.24 Å². The zero-order valence-corrected chi connectivity index (χ0v) is 19.1. The summed E-state index contributed by atoms with van der Waals surface area (Å²) < 4.78 is 0. The summed E-state index contributed by atoms with van der Waals surface area (Å²) in [6.45, 7) is 16.5. The lowest BCUT2D eigenvalue weighted by Crippen LogP contribution is -2.25. The Kier molecular flexibility index (Phi) is 11.8. The standard InChI is InChI=1S/C29H37N/c1-8-12-13-21-30(26(7)17-14-16-25(6)24(5)9-2)22-15-18-29-20-19-27(10-3)23-28(29)11-4/h1,3,9,14,16,19-20,23H,2,7,11-13,15,17-18,21-22H2,4-6H3/b16-14-,25-24-. The molecule has 0 unspecified atom stereocenters. The lowest BCUT2D eigenvalue weighted by atomic mass is 9.98. The fourth-order valence-electron chi connectivity index (χ4n) is 3.34. The highest BCUT2D eigenvalue weighted by Gasteiger charge is 2.08. The molecule has 1 rings (SSSR count). The first-order valence-electron chi connectivity index (χ1n) is 10.9. The zero-order valence-electron chi connectivity index (χ0n) is 19.1. The maximum absolute atomic E-state index is 5.54. The van der Waals surface area contributed by atoms with Crippen LogP contribution in [0.5, 0.6) is 0 Å². The maximum atomic E-state index is 5.54. The summed E-state index contributed by atoms with van der Waals surface area (Å²) in [6.07, 6.45) is 23.0. The van der Waals surface area contributed by atoms with E-state index in [4.69, 9.17) is 12.8 Å². The van der Waals surface area contributed by atoms with Crippen molar-refractivity contribution >= 4 is 0 Å². The van der Waals surface area contributed by atoms with Crippen LogP contribution in [0.3, 0.4) is 0 Å². The van der Waals surface area contributed by atoms with E-state index in [9.17, 15) is 0 Å². The Hall–Kier alpha value is -2.90. The van der Waals surface area contributed by atoms with E-state index in [0.717, 1.165) is 62.9 Å². The average molecular weight is 400 g/mol. The van der Waals surface area contributed by atoms with Crippen molar-refractivity contribution in [3.05, 3.63) is 83.1 Å². The summed E-state index contributed by atoms with van der Waals surface area (Å²) in [5.74, 6) is 5.48. The molecule has 0 aromatic heterocycles. The van der Waals surface area contributed by atoms with Gasteiger partial charge >= 0.3 is 0 Å². The van der Waals surface area contributed by atoms with E-state index < -0.39 is 0 Å². The molecule has 0 saturated carbocycles. The summed E-state index contributed by atoms with van der Waals surface area (Å²) in [5.41, 5.74) is 7.29. The molecule has 0 saturated heterocycles. The number of benzene rings is 1. The van der Waals surface area contributed by atoms with Crippen molar-refractivity contribution in [1.29, 1.82) is 0 Å². The van der Waals surface area contributed by atoms with Crippen LogP contribution in [0.25, 0.3) is 0 Å². The van der Waals surface area contributed by atoms with Gasteiger partial charge in [0.25, 0.3) is 0 Å². The van der Waals surface area contributed by atoms with Gasteiger partial charge in [0.15, 0.2) is 0 Å². The molecule has 0 spiro atoms. The molecule has 0 amide bonds. The molecule has 1 nitrogen and oxygen atoms in total. The second-order valence-electron chi connectivity index (χ2n) is 7.62. The van der Waals surface area contributed by atoms with Crippen molar-refractivity contribution in [2.45, 2.75) is 59.3 Å². The third-order valence-electron chi connectivity index (χ3n) is 5.47. The van der Waals surface area contributed by atoms with Gasteiger partial charge in [-0.15, -0.1) is 18.8 Å². The largest absolute Gasteiger partial charge is 0.375 e. The maximum Gasteiger partial charge on any atom is 0.0245 e. The highest BCUT2D eigenvalue weighted by atomic mass is 15.1. The third-order valence-corrected chi connectivity index (χ3v) is 5.47. The molecule has 1 aromatic carbocycles. The normalized spacial score (nSPS) is 11.5. The second-order valence-corrected chi connectivity index (χ2v) is 7.62. The zero-order chi connectivity index (χ0) is 22.4. The first-order valence-corrected chi connectivity index (χ1v) is 10.9. The first-order chi connectivity index (χ1) is 14.5. The average Bonchev–Trinajstić information content (AvgIpc) is 2.77. The Labute approximate surface area is 185 Å². The van der Waals surface area contributed by atoms with Crippen LogP contribution in [-0.4, -0.2) is 18.0 Å². The predicted octanol–water partition coefficient (Wildman–Crippen LogP) is 6.86. The van der Waals surface area contributed by atoms with Crippen molar-refractivity contribution in [2.75, 3.05) is 13.1 Å². The summed E-state index contributed by atoms with van der Waals surface area (Å²) in [6, 6.07) is 6.38. The molecule has 1 aromatic rings. The lowest BCUT2D eigenvalue weighted by Gasteiger charge is -2.26. The van der Waals surface area contributed by atoms with E-state index in [1.54, 1.807) is 0 Å². The molecule has 0 aliphatic rings. The molecule has 30 heavy (non-hydrogen) atoms. The minimum atomic E-state index is 0.799. The minimum absolute atomic E-state index is 0.799. The van der Waals surface area contributed by atoms with Crippen LogP contribution in [0.1, 0.15) is 63.1 Å². The number of hydrogen-bond donors (Lipinski definition) is 0. The molecule has 158 valence electrons. The van der Waals surface area contributed by atoms with Gasteiger partial charge in [-0.25, -0.2) is 0 Å². The van der Waals surface area contributed by atoms with Gasteiger partial charge in [0.1, 0.15) is 0 Å². The van der Waals surface area contributed by atoms with Gasteiger partial charge in [-0.05, 0) is 73.9 Å². The molecule has 0 heterocycles. The van der Waals surface area contributed by atoms with Crippen molar-refractivity contribution in [3.63, 3.8) is 0 Å². The number of unbranched alkanes of at least 4 members (excludes halogenated alkanes) is 1. The highest BCUT2D eigenvalue weighted by molar-refractivity contribution is 5.40. The minimum Gasteiger partial charge on any atom is -0.375 e. The molecular formula is C29H37N. The Morgan fingerprint density at radius 1 is 1.10 bits per heavy atom. The number of allylic oxidation sites excluding steroid dienone is 5. The molecule has 0 N–H and O–H groups in total. The van der Waals surface area contributed by atoms with E-state index in [0.29, 0.717) is 0 Å². The summed E-state index contributed by atoms with van der Waals surface area (Å²) in [7, 11) is 0. The monoisotopic (exact) mass is 399 g/mol. The molecule has 0 aliphatic carbocycles. The van der Waals surface area contributed by atoms with Gasteiger partial charge in [-0.3, -0.25) is 0 Å². The molecule has 1 heteroatoms. The van der Waals surface area contributed by atoms with E-state index in [-0.39, 0.29) is 0 Å². The SMILES string of the molecule is C#CCCCN(CCCc1ccc(C#C)cc1CC)C(=C)C/C=C\C(C)=C(\C)C=C. The fourth-order valence-corrected chi connectivity index (χ4v) is 3.34. The quantitative estimate of drug-likeness (QED) is 0.199. The fraction of sp³-hybridized carbons (Fsp3) is 0.379. The second kappa shape index (κ2) is 14.1. The Morgan fingerprint density at radius 3 is 2.47 bits per heavy atom. The lowest BCUT2D eigenvalue weighted by molar-refractivity contribution is 0.331. The van der Waals surface area contributed by atoms with Crippen LogP contribution in [-0.2, 0) is 12.8 Å². The summed E-state index contributed by atoms with van der Waals surface area (Å²) in [5, 5.41) is 0. The predicted molar refractivity (Wildman–Crippen MR) is 133 cm³/mol. The van der Waals surface area contributed by atoms with Gasteiger partial charge < -0.3 is 4.90 Å². The van der Waals surface area contributed by atoms with Gasteiger partial charge in [-0.1, -0.05) is 50.3 Å². The molecule has 0 atom stereocenters. The molecule has 0 bridgehead atoms. The Morgan fingerprint density at radius 2 is 1.83 bits per heavy atom. The molecule has 0 radical (unpaired) electrons. The van der Waals surface area contributed by atoms with Gasteiger partial charge in [-0.2, -0.15) is 0 Å². The van der Waals surface area contributed by atoms with Crippen LogP contribution in [0.4, 0.5) is 0 Å². The van der Waals surface area contributed by atoms with Crippen molar-refractivity contribution in [1.82, 2.24) is 4.90 Å². The van der Waals surface area contributed by atoms with E-state index >= 15 is 0 Å². The van der Waals surface area contributed by atoms with Crippen LogP contribution >= 0.6 is 0 Å². The molecular weight excluding hydrogens is 362 g/mol. The van der Waals surface area contributed by atoms with Crippen LogP contribution in [0.15, 0.2) is 66.4 Å². The van der Waals surface area contributed by atoms with Crippen molar-refractivity contribution in [2.24, 2.45) is 0 Å². The van der Waals surface area contributed by atoms with Gasteiger partial charge in [0.05, 0.1) is 0 Å². The van der Waals surface area contributed by atoms with Crippen LogP contribution in [0.2, 0.25) is 0 Å². The first kappa shape index (κ1) is 25.1. The Bertz CT molecular complexity index is 851. The van der Waals surface area contributed by atoms with Crippen LogP contribution < -0.4 is 0 Å². The third kappa shape index (κ3) is 8.63. The number of rotatable bonds is 13. The molecule has 0 fully saturated rings. The van der Waals surface area contributed by atoms with Gasteiger partial charge in [0, 0.05) is 37.2 Å². The Balaban J connectivity index is 2.73. The number of hydrogen-bond acceptors (Lipinski definition) is 1. The summed E-state index contributed by atoms with van der Waals surface area (Å²) >= 11 is 0. The molecule has 0 aliphatic heterocycles.